The van der Waals surface area contributed by atoms with Gasteiger partial charge in [-0.05, 0) is 62.9 Å². The van der Waals surface area contributed by atoms with Crippen LogP contribution in [0.25, 0.3) is 0 Å². The highest BCUT2D eigenvalue weighted by atomic mass is 32.2. The van der Waals surface area contributed by atoms with Crippen LogP contribution in [0.2, 0.25) is 0 Å². The van der Waals surface area contributed by atoms with Crippen molar-refractivity contribution in [1.82, 2.24) is 4.31 Å². The van der Waals surface area contributed by atoms with Gasteiger partial charge in [0.25, 0.3) is 5.91 Å². The molecule has 2 heterocycles. The minimum atomic E-state index is -3.60. The molecular weight excluding hydrogens is 398 g/mol. The molecule has 0 radical (unpaired) electrons. The highest BCUT2D eigenvalue weighted by Crippen LogP contribution is 2.30. The molecule has 30 heavy (non-hydrogen) atoms. The highest BCUT2D eigenvalue weighted by Gasteiger charge is 2.28. The van der Waals surface area contributed by atoms with Crippen molar-refractivity contribution in [3.8, 4) is 0 Å². The Kier molecular flexibility index (Phi) is 6.11. The van der Waals surface area contributed by atoms with Crippen LogP contribution in [0.15, 0.2) is 47.4 Å². The Balaban J connectivity index is 1.68. The van der Waals surface area contributed by atoms with E-state index in [4.69, 9.17) is 0 Å². The molecule has 2 aromatic rings. The van der Waals surface area contributed by atoms with Crippen LogP contribution in [-0.4, -0.2) is 44.8 Å². The zero-order valence-corrected chi connectivity index (χ0v) is 18.2. The van der Waals surface area contributed by atoms with E-state index in [0.717, 1.165) is 56.4 Å². The second-order valence-corrected chi connectivity index (χ2v) is 10.1. The van der Waals surface area contributed by atoms with Crippen LogP contribution in [0, 0.1) is 6.92 Å². The fraction of sp³-hybridized carbons (Fsp3) is 0.435. The van der Waals surface area contributed by atoms with E-state index >= 15 is 0 Å². The summed E-state index contributed by atoms with van der Waals surface area (Å²) in [6.45, 7) is 4.83. The van der Waals surface area contributed by atoms with Gasteiger partial charge in [0.15, 0.2) is 0 Å². The Bertz CT molecular complexity index is 1010. The average molecular weight is 428 g/mol. The van der Waals surface area contributed by atoms with Crippen molar-refractivity contribution < 1.29 is 13.2 Å². The van der Waals surface area contributed by atoms with Crippen LogP contribution >= 0.6 is 0 Å². The van der Waals surface area contributed by atoms with Gasteiger partial charge >= 0.3 is 0 Å². The second-order valence-electron chi connectivity index (χ2n) is 8.16. The predicted molar refractivity (Wildman–Crippen MR) is 120 cm³/mol. The third-order valence-corrected chi connectivity index (χ3v) is 7.82. The number of piperidine rings is 1. The van der Waals surface area contributed by atoms with Crippen molar-refractivity contribution >= 4 is 27.3 Å². The molecule has 7 heteroatoms. The van der Waals surface area contributed by atoms with Crippen LogP contribution in [0.3, 0.4) is 0 Å². The van der Waals surface area contributed by atoms with E-state index in [2.05, 4.69) is 10.2 Å². The first-order chi connectivity index (χ1) is 14.4. The molecular formula is C23H29N3O3S. The van der Waals surface area contributed by atoms with Crippen molar-refractivity contribution in [2.45, 2.75) is 43.9 Å². The van der Waals surface area contributed by atoms with E-state index in [1.807, 2.05) is 31.2 Å². The number of hydrogen-bond acceptors (Lipinski definition) is 4. The molecule has 0 spiro atoms. The third kappa shape index (κ3) is 4.37. The minimum absolute atomic E-state index is 0.196. The number of carbonyl (C=O) groups excluding carboxylic acids is 1. The number of amides is 1. The summed E-state index contributed by atoms with van der Waals surface area (Å²) in [5, 5.41) is 2.93. The predicted octanol–water partition coefficient (Wildman–Crippen LogP) is 4.02. The Morgan fingerprint density at radius 2 is 1.50 bits per heavy atom. The molecule has 0 aliphatic carbocycles. The monoisotopic (exact) mass is 427 g/mol. The normalized spacial score (nSPS) is 17.8. The molecule has 160 valence electrons. The fourth-order valence-electron chi connectivity index (χ4n) is 4.18. The Hall–Kier alpha value is -2.38. The van der Waals surface area contributed by atoms with E-state index in [1.165, 1.54) is 0 Å². The summed E-state index contributed by atoms with van der Waals surface area (Å²) in [5.74, 6) is -0.281. The summed E-state index contributed by atoms with van der Waals surface area (Å²) >= 11 is 0. The molecule has 0 aromatic heterocycles. The number of benzene rings is 2. The second kappa shape index (κ2) is 8.78. The van der Waals surface area contributed by atoms with Gasteiger partial charge in [-0.2, -0.15) is 4.31 Å². The van der Waals surface area contributed by atoms with E-state index in [0.29, 0.717) is 24.3 Å². The van der Waals surface area contributed by atoms with E-state index in [-0.39, 0.29) is 10.8 Å². The molecule has 2 aliphatic rings. The van der Waals surface area contributed by atoms with Gasteiger partial charge in [0.2, 0.25) is 10.0 Å². The maximum Gasteiger partial charge on any atom is 0.257 e. The molecule has 0 saturated carbocycles. The Morgan fingerprint density at radius 3 is 2.17 bits per heavy atom. The Morgan fingerprint density at radius 1 is 0.867 bits per heavy atom. The maximum absolute atomic E-state index is 13.2. The van der Waals surface area contributed by atoms with Crippen molar-refractivity contribution in [2.24, 2.45) is 0 Å². The van der Waals surface area contributed by atoms with Crippen LogP contribution in [0.4, 0.5) is 11.4 Å². The molecule has 2 aliphatic heterocycles. The van der Waals surface area contributed by atoms with Crippen LogP contribution in [0.5, 0.6) is 0 Å². The van der Waals surface area contributed by atoms with Gasteiger partial charge in [0, 0.05) is 37.6 Å². The lowest BCUT2D eigenvalue weighted by atomic mass is 10.1. The summed E-state index contributed by atoms with van der Waals surface area (Å²) in [6.07, 6.45) is 4.97. The van der Waals surface area contributed by atoms with Gasteiger partial charge in [-0.25, -0.2) is 8.42 Å². The summed E-state index contributed by atoms with van der Waals surface area (Å²) in [7, 11) is -3.60. The van der Waals surface area contributed by atoms with Crippen molar-refractivity contribution in [3.05, 3.63) is 53.6 Å². The molecule has 6 nitrogen and oxygen atoms in total. The zero-order valence-electron chi connectivity index (χ0n) is 17.4. The fourth-order valence-corrected chi connectivity index (χ4v) is 5.72. The molecule has 2 aromatic carbocycles. The maximum atomic E-state index is 13.2. The first kappa shape index (κ1) is 20.9. The molecule has 2 saturated heterocycles. The van der Waals surface area contributed by atoms with E-state index < -0.39 is 10.0 Å². The first-order valence-corrected chi connectivity index (χ1v) is 12.2. The third-order valence-electron chi connectivity index (χ3n) is 5.92. The molecule has 1 amide bonds. The number of sulfonamides is 1. The van der Waals surface area contributed by atoms with Crippen LogP contribution < -0.4 is 10.2 Å². The average Bonchev–Trinajstić information content (AvgIpc) is 3.30. The number of anilines is 2. The molecule has 0 atom stereocenters. The number of nitrogens with one attached hydrogen (secondary N) is 1. The lowest BCUT2D eigenvalue weighted by Gasteiger charge is -2.27. The lowest BCUT2D eigenvalue weighted by Crippen LogP contribution is -2.35. The number of rotatable bonds is 5. The van der Waals surface area contributed by atoms with Gasteiger partial charge in [0.1, 0.15) is 0 Å². The van der Waals surface area contributed by atoms with E-state index in [9.17, 15) is 13.2 Å². The smallest absolute Gasteiger partial charge is 0.257 e. The molecule has 4 rings (SSSR count). The molecule has 1 N–H and O–H groups in total. The quantitative estimate of drug-likeness (QED) is 0.782. The van der Waals surface area contributed by atoms with Gasteiger partial charge in [-0.1, -0.05) is 24.1 Å². The summed E-state index contributed by atoms with van der Waals surface area (Å²) in [5.41, 5.74) is 3.02. The number of hydrogen-bond donors (Lipinski definition) is 1. The highest BCUT2D eigenvalue weighted by molar-refractivity contribution is 7.89. The number of aryl methyl sites for hydroxylation is 1. The molecule has 0 bridgehead atoms. The lowest BCUT2D eigenvalue weighted by molar-refractivity contribution is 0.102. The van der Waals surface area contributed by atoms with Crippen molar-refractivity contribution in [1.29, 1.82) is 0 Å². The van der Waals surface area contributed by atoms with Gasteiger partial charge in [-0.15, -0.1) is 0 Å². The van der Waals surface area contributed by atoms with Gasteiger partial charge in [0.05, 0.1) is 10.5 Å². The first-order valence-electron chi connectivity index (χ1n) is 10.7. The number of nitrogens with zero attached hydrogens (tertiary/aromatic N) is 2. The molecule has 2 fully saturated rings. The van der Waals surface area contributed by atoms with Crippen molar-refractivity contribution in [3.63, 3.8) is 0 Å². The molecule has 0 unspecified atom stereocenters. The zero-order chi connectivity index (χ0) is 21.1. The van der Waals surface area contributed by atoms with Crippen LogP contribution in [0.1, 0.15) is 48.0 Å². The topological polar surface area (TPSA) is 69.7 Å². The van der Waals surface area contributed by atoms with Gasteiger partial charge in [-0.3, -0.25) is 4.79 Å². The number of carbonyl (C=O) groups is 1. The van der Waals surface area contributed by atoms with Gasteiger partial charge < -0.3 is 10.2 Å². The summed E-state index contributed by atoms with van der Waals surface area (Å²) in [4.78, 5) is 15.5. The summed E-state index contributed by atoms with van der Waals surface area (Å²) < 4.78 is 27.9. The summed E-state index contributed by atoms with van der Waals surface area (Å²) in [6, 6.07) is 12.6. The minimum Gasteiger partial charge on any atom is -0.371 e. The Labute approximate surface area is 178 Å². The van der Waals surface area contributed by atoms with Crippen molar-refractivity contribution in [2.75, 3.05) is 36.4 Å². The largest absolute Gasteiger partial charge is 0.371 e. The standard InChI is InChI=1S/C23H29N3O3S/c1-18-7-9-19(10-8-18)24-23(27)21-17-20(11-12-22(21)25-13-5-6-14-25)30(28,29)26-15-3-2-4-16-26/h7-12,17H,2-6,13-16H2,1H3,(H,24,27). The van der Waals surface area contributed by atoms with E-state index in [1.54, 1.807) is 22.5 Å². The van der Waals surface area contributed by atoms with Crippen LogP contribution in [-0.2, 0) is 10.0 Å². The SMILES string of the molecule is Cc1ccc(NC(=O)c2cc(S(=O)(=O)N3CCCCC3)ccc2N2CCCC2)cc1.